The van der Waals surface area contributed by atoms with Gasteiger partial charge in [0.1, 0.15) is 15.8 Å². The van der Waals surface area contributed by atoms with Gasteiger partial charge in [-0.15, -0.1) is 23.2 Å². The molecule has 1 N–H and O–H groups in total. The van der Waals surface area contributed by atoms with Gasteiger partial charge in [0, 0.05) is 17.7 Å². The van der Waals surface area contributed by atoms with E-state index in [1.807, 2.05) is 78.9 Å². The zero-order chi connectivity index (χ0) is 30.1. The largest absolute Gasteiger partial charge is 0.324 e. The number of alkyl halides is 2. The normalized spacial score (nSPS) is 25.5. The van der Waals surface area contributed by atoms with Crippen molar-refractivity contribution in [2.75, 3.05) is 5.32 Å². The summed E-state index contributed by atoms with van der Waals surface area (Å²) >= 11 is 15.2. The van der Waals surface area contributed by atoms with E-state index in [-0.39, 0.29) is 12.2 Å². The molecule has 214 valence electrons. The first-order valence-corrected chi connectivity index (χ1v) is 14.8. The van der Waals surface area contributed by atoms with Gasteiger partial charge in [-0.05, 0) is 59.0 Å². The van der Waals surface area contributed by atoms with Crippen LogP contribution in [0.3, 0.4) is 0 Å². The number of carbonyl (C=O) groups is 4. The van der Waals surface area contributed by atoms with E-state index in [1.54, 1.807) is 24.3 Å². The first-order valence-electron chi connectivity index (χ1n) is 14.1. The van der Waals surface area contributed by atoms with Gasteiger partial charge in [0.2, 0.25) is 17.7 Å². The molecule has 3 atom stereocenters. The Balaban J connectivity index is 1.33. The van der Waals surface area contributed by atoms with Crippen molar-refractivity contribution < 1.29 is 19.2 Å². The third kappa shape index (κ3) is 3.86. The van der Waals surface area contributed by atoms with Gasteiger partial charge in [-0.2, -0.15) is 0 Å². The Hall–Kier alpha value is -4.26. The predicted molar refractivity (Wildman–Crippen MR) is 164 cm³/mol. The Morgan fingerprint density at radius 1 is 0.721 bits per heavy atom. The summed E-state index contributed by atoms with van der Waals surface area (Å²) in [4.78, 5) is 53.3. The van der Waals surface area contributed by atoms with E-state index in [2.05, 4.69) is 5.32 Å². The summed E-state index contributed by atoms with van der Waals surface area (Å²) in [5.74, 6) is -3.70. The number of ketones is 1. The average Bonchev–Trinajstić information content (AvgIpc) is 3.30. The fourth-order valence-electron chi connectivity index (χ4n) is 7.15. The molecule has 4 aromatic rings. The van der Waals surface area contributed by atoms with Crippen LogP contribution in [0.15, 0.2) is 103 Å². The number of hydrogen-bond donors (Lipinski definition) is 1. The Labute approximate surface area is 258 Å². The highest BCUT2D eigenvalue weighted by molar-refractivity contribution is 6.36. The van der Waals surface area contributed by atoms with Crippen LogP contribution in [-0.2, 0) is 30.6 Å². The molecule has 0 aromatic heterocycles. The minimum absolute atomic E-state index is 0.0968. The number of likely N-dealkylation sites (tertiary alicyclic amines) is 1. The highest BCUT2D eigenvalue weighted by Crippen LogP contribution is 2.69. The molecule has 0 saturated carbocycles. The number of halogens is 2. The Morgan fingerprint density at radius 3 is 1.60 bits per heavy atom. The van der Waals surface area contributed by atoms with Crippen molar-refractivity contribution in [2.24, 2.45) is 11.8 Å². The number of nitrogens with zero attached hydrogens (tertiary/aromatic N) is 1. The number of rotatable bonds is 6. The van der Waals surface area contributed by atoms with Crippen molar-refractivity contribution in [3.05, 3.63) is 137 Å². The van der Waals surface area contributed by atoms with Gasteiger partial charge < -0.3 is 5.32 Å². The van der Waals surface area contributed by atoms with Gasteiger partial charge in [0.05, 0.1) is 11.8 Å². The van der Waals surface area contributed by atoms with Crippen molar-refractivity contribution in [3.63, 3.8) is 0 Å². The lowest BCUT2D eigenvalue weighted by Gasteiger charge is -2.54. The summed E-state index contributed by atoms with van der Waals surface area (Å²) in [5.41, 5.74) is 4.51. The van der Waals surface area contributed by atoms with E-state index in [4.69, 9.17) is 23.2 Å². The topological polar surface area (TPSA) is 83.6 Å². The molecule has 0 spiro atoms. The number of imide groups is 1. The monoisotopic (exact) mass is 608 g/mol. The fourth-order valence-corrected chi connectivity index (χ4v) is 8.25. The van der Waals surface area contributed by atoms with Gasteiger partial charge >= 0.3 is 0 Å². The summed E-state index contributed by atoms with van der Waals surface area (Å²) in [7, 11) is 0. The van der Waals surface area contributed by atoms with E-state index >= 15 is 0 Å². The highest BCUT2D eigenvalue weighted by Gasteiger charge is 2.73. The number of amides is 3. The molecule has 0 radical (unpaired) electrons. The van der Waals surface area contributed by atoms with E-state index < -0.39 is 45.3 Å². The Kier molecular flexibility index (Phi) is 6.35. The zero-order valence-electron chi connectivity index (χ0n) is 23.1. The second-order valence-electron chi connectivity index (χ2n) is 11.3. The number of Topliss-reactive ketones (excluding diaryl/α,β-unsaturated/α-hetero) is 1. The second kappa shape index (κ2) is 9.90. The van der Waals surface area contributed by atoms with Gasteiger partial charge in [-0.25, -0.2) is 0 Å². The maximum atomic E-state index is 14.6. The summed E-state index contributed by atoms with van der Waals surface area (Å²) in [6.45, 7) is 1.46. The number of hydrogen-bond acceptors (Lipinski definition) is 4. The first kappa shape index (κ1) is 27.6. The molecule has 1 fully saturated rings. The minimum Gasteiger partial charge on any atom is -0.324 e. The number of anilines is 1. The lowest BCUT2D eigenvalue weighted by Crippen LogP contribution is -2.57. The van der Waals surface area contributed by atoms with Crippen LogP contribution in [0.25, 0.3) is 0 Å². The van der Waals surface area contributed by atoms with Crippen molar-refractivity contribution in [1.29, 1.82) is 0 Å². The maximum Gasteiger partial charge on any atom is 0.248 e. The van der Waals surface area contributed by atoms with Crippen LogP contribution >= 0.6 is 23.2 Å². The van der Waals surface area contributed by atoms with Gasteiger partial charge in [0.25, 0.3) is 0 Å². The second-order valence-corrected chi connectivity index (χ2v) is 12.5. The molecule has 8 heteroatoms. The summed E-state index contributed by atoms with van der Waals surface area (Å²) in [6, 6.07) is 29.4. The van der Waals surface area contributed by atoms with Crippen LogP contribution < -0.4 is 5.32 Å². The molecule has 1 saturated heterocycles. The van der Waals surface area contributed by atoms with Gasteiger partial charge in [-0.3, -0.25) is 24.1 Å². The molecule has 6 nitrogen and oxygen atoms in total. The molecule has 0 unspecified atom stereocenters. The van der Waals surface area contributed by atoms with Crippen molar-refractivity contribution in [3.8, 4) is 0 Å². The number of carbonyl (C=O) groups excluding carboxylic acids is 4. The van der Waals surface area contributed by atoms with Gasteiger partial charge in [0.15, 0.2) is 5.78 Å². The van der Waals surface area contributed by atoms with Crippen molar-refractivity contribution >= 4 is 52.4 Å². The third-order valence-corrected chi connectivity index (χ3v) is 10.3. The Bertz CT molecular complexity index is 1700. The average molecular weight is 610 g/mol. The zero-order valence-corrected chi connectivity index (χ0v) is 24.6. The quantitative estimate of drug-likeness (QED) is 0.164. The molecule has 4 aromatic carbocycles. The maximum absolute atomic E-state index is 14.6. The van der Waals surface area contributed by atoms with Crippen LogP contribution in [0.1, 0.15) is 45.1 Å². The Morgan fingerprint density at radius 2 is 1.16 bits per heavy atom. The molecule has 1 aliphatic heterocycles. The fraction of sp³-hybridized carbons (Fsp3) is 0.200. The van der Waals surface area contributed by atoms with Crippen molar-refractivity contribution in [2.45, 2.75) is 29.1 Å². The summed E-state index contributed by atoms with van der Waals surface area (Å²) < 4.78 is 0. The third-order valence-electron chi connectivity index (χ3n) is 9.06. The molecule has 2 bridgehead atoms. The van der Waals surface area contributed by atoms with Crippen LogP contribution in [0.5, 0.6) is 0 Å². The van der Waals surface area contributed by atoms with Crippen LogP contribution in [-0.4, -0.2) is 34.4 Å². The lowest BCUT2D eigenvalue weighted by atomic mass is 9.54. The SMILES string of the molecule is CC(=O)c1ccc(NC(=O)[C@@H](Cc2ccccc2)N2C(=O)[C@@H]3[C@H](C2=O)C2(Cl)c4ccccc4C3(Cl)c3ccccc32)cc1. The minimum atomic E-state index is -1.34. The molecule has 3 aliphatic carbocycles. The molecular weight excluding hydrogens is 583 g/mol. The smallest absolute Gasteiger partial charge is 0.248 e. The van der Waals surface area contributed by atoms with Gasteiger partial charge in [-0.1, -0.05) is 78.9 Å². The molecule has 8 rings (SSSR count). The summed E-state index contributed by atoms with van der Waals surface area (Å²) in [6.07, 6.45) is 0.0968. The van der Waals surface area contributed by atoms with E-state index in [0.29, 0.717) is 33.5 Å². The molecular formula is C35H26Cl2N2O4. The number of benzene rings is 4. The van der Waals surface area contributed by atoms with Crippen LogP contribution in [0, 0.1) is 11.8 Å². The standard InChI is InChI=1S/C35H26Cl2N2O4/c1-20(40)22-15-17-23(18-16-22)38-31(41)28(19-21-9-3-2-4-10-21)39-32(42)29-30(33(39)43)35(37)25-12-6-5-11-24(25)34(29,36)26-13-7-8-14-27(26)35/h2-18,28-30H,19H2,1H3,(H,38,41)/t28-,29-,30+,34?,35?/m1/s1. The molecule has 4 aliphatic rings. The molecule has 1 heterocycles. The van der Waals surface area contributed by atoms with E-state index in [9.17, 15) is 19.2 Å². The lowest BCUT2D eigenvalue weighted by molar-refractivity contribution is -0.146. The number of nitrogens with one attached hydrogen (secondary N) is 1. The predicted octanol–water partition coefficient (Wildman–Crippen LogP) is 6.03. The summed E-state index contributed by atoms with van der Waals surface area (Å²) in [5, 5.41) is 2.86. The first-order chi connectivity index (χ1) is 20.7. The molecule has 43 heavy (non-hydrogen) atoms. The van der Waals surface area contributed by atoms with E-state index in [1.165, 1.54) is 6.92 Å². The highest BCUT2D eigenvalue weighted by atomic mass is 35.5. The van der Waals surface area contributed by atoms with Crippen LogP contribution in [0.2, 0.25) is 0 Å². The van der Waals surface area contributed by atoms with E-state index in [0.717, 1.165) is 10.5 Å². The van der Waals surface area contributed by atoms with Crippen LogP contribution in [0.4, 0.5) is 5.69 Å². The van der Waals surface area contributed by atoms with Crippen molar-refractivity contribution in [1.82, 2.24) is 4.90 Å². The molecule has 3 amide bonds.